The zero-order valence-corrected chi connectivity index (χ0v) is 21.8. The number of rotatable bonds is 10. The lowest BCUT2D eigenvalue weighted by Crippen LogP contribution is -2.30. The third kappa shape index (κ3) is 7.13. The fourth-order valence-corrected chi connectivity index (χ4v) is 4.40. The molecule has 1 aliphatic rings. The Bertz CT molecular complexity index is 1260. The topological polar surface area (TPSA) is 60.4 Å². The second-order valence-corrected chi connectivity index (χ2v) is 9.44. The highest BCUT2D eigenvalue weighted by Gasteiger charge is 2.32. The molecule has 37 heavy (non-hydrogen) atoms. The van der Waals surface area contributed by atoms with Gasteiger partial charge in [0.1, 0.15) is 28.8 Å². The van der Waals surface area contributed by atoms with E-state index >= 15 is 0 Å². The number of thioether (sulfide) groups is 1. The number of amides is 1. The number of halogens is 1. The Morgan fingerprint density at radius 2 is 1.54 bits per heavy atom. The molecule has 8 heteroatoms. The zero-order chi connectivity index (χ0) is 26.2. The lowest BCUT2D eigenvalue weighted by Gasteiger charge is -2.18. The lowest BCUT2D eigenvalue weighted by atomic mass is 10.2. The van der Waals surface area contributed by atoms with Gasteiger partial charge in [0.25, 0.3) is 5.91 Å². The number of ether oxygens (including phenoxy) is 3. The third-order valence-corrected chi connectivity index (χ3v) is 6.09. The van der Waals surface area contributed by atoms with Crippen molar-refractivity contribution in [3.63, 3.8) is 0 Å². The molecule has 192 valence electrons. The first-order valence-electron chi connectivity index (χ1n) is 12.1. The van der Waals surface area contributed by atoms with Crippen LogP contribution in [-0.4, -0.2) is 36.1 Å². The van der Waals surface area contributed by atoms with Crippen molar-refractivity contribution in [2.24, 2.45) is 4.99 Å². The second-order valence-electron chi connectivity index (χ2n) is 8.38. The number of anilines is 1. The molecule has 0 bridgehead atoms. The molecule has 4 rings (SSSR count). The zero-order valence-electron chi connectivity index (χ0n) is 21.0. The summed E-state index contributed by atoms with van der Waals surface area (Å²) in [4.78, 5) is 19.7. The quantitative estimate of drug-likeness (QED) is 0.224. The molecule has 0 fully saturated rings. The monoisotopic (exact) mass is 520 g/mol. The van der Waals surface area contributed by atoms with E-state index in [0.717, 1.165) is 17.1 Å². The van der Waals surface area contributed by atoms with Crippen molar-refractivity contribution in [1.82, 2.24) is 0 Å². The maximum atomic E-state index is 13.4. The molecule has 3 aromatic carbocycles. The van der Waals surface area contributed by atoms with Gasteiger partial charge in [-0.25, -0.2) is 9.38 Å². The molecular formula is C29H29FN2O4S. The smallest absolute Gasteiger partial charge is 0.283 e. The van der Waals surface area contributed by atoms with Crippen molar-refractivity contribution in [3.05, 3.63) is 89.9 Å². The average Bonchev–Trinajstić information content (AvgIpc) is 3.19. The molecule has 0 spiro atoms. The summed E-state index contributed by atoms with van der Waals surface area (Å²) >= 11 is 1.42. The van der Waals surface area contributed by atoms with Gasteiger partial charge in [0.2, 0.25) is 0 Å². The number of nitrogens with zero attached hydrogens (tertiary/aromatic N) is 2. The first-order valence-corrected chi connectivity index (χ1v) is 13.1. The van der Waals surface area contributed by atoms with Gasteiger partial charge in [0.15, 0.2) is 5.17 Å². The number of hydrogen-bond donors (Lipinski definition) is 0. The van der Waals surface area contributed by atoms with Crippen LogP contribution in [0.15, 0.2) is 83.5 Å². The van der Waals surface area contributed by atoms with Gasteiger partial charge in [-0.15, -0.1) is 0 Å². The van der Waals surface area contributed by atoms with E-state index in [9.17, 15) is 9.18 Å². The summed E-state index contributed by atoms with van der Waals surface area (Å²) in [6.07, 6.45) is 1.85. The van der Waals surface area contributed by atoms with Crippen LogP contribution in [0.1, 0.15) is 26.3 Å². The Labute approximate surface area is 220 Å². The molecule has 0 N–H and O–H groups in total. The van der Waals surface area contributed by atoms with Gasteiger partial charge < -0.3 is 14.2 Å². The van der Waals surface area contributed by atoms with Crippen LogP contribution in [0.4, 0.5) is 10.1 Å². The minimum atomic E-state index is -0.312. The van der Waals surface area contributed by atoms with Crippen molar-refractivity contribution in [1.29, 1.82) is 0 Å². The van der Waals surface area contributed by atoms with Gasteiger partial charge >= 0.3 is 0 Å². The number of amidine groups is 1. The van der Waals surface area contributed by atoms with E-state index in [-0.39, 0.29) is 17.8 Å². The van der Waals surface area contributed by atoms with Crippen LogP contribution < -0.4 is 19.1 Å². The Kier molecular flexibility index (Phi) is 8.85. The number of carbonyl (C=O) groups excluding carboxylic acids is 1. The molecule has 0 saturated heterocycles. The molecule has 6 nitrogen and oxygen atoms in total. The molecule has 1 amide bonds. The molecule has 1 heterocycles. The van der Waals surface area contributed by atoms with E-state index < -0.39 is 0 Å². The van der Waals surface area contributed by atoms with Crippen LogP contribution in [-0.2, 0) is 4.79 Å². The minimum absolute atomic E-state index is 0.0829. The van der Waals surface area contributed by atoms with E-state index in [0.29, 0.717) is 41.3 Å². The summed E-state index contributed by atoms with van der Waals surface area (Å²) in [6.45, 7) is 6.80. The van der Waals surface area contributed by atoms with E-state index in [4.69, 9.17) is 14.2 Å². The normalized spacial score (nSPS) is 14.3. The largest absolute Gasteiger partial charge is 0.494 e. The summed E-state index contributed by atoms with van der Waals surface area (Å²) in [5.74, 6) is 2.11. The molecule has 0 radical (unpaired) electrons. The Morgan fingerprint density at radius 1 is 0.919 bits per heavy atom. The van der Waals surface area contributed by atoms with Crippen molar-refractivity contribution in [3.8, 4) is 17.2 Å². The first kappa shape index (κ1) is 26.3. The number of carbonyl (C=O) groups is 1. The third-order valence-electron chi connectivity index (χ3n) is 5.19. The van der Waals surface area contributed by atoms with Gasteiger partial charge in [0, 0.05) is 5.75 Å². The maximum Gasteiger partial charge on any atom is 0.283 e. The second kappa shape index (κ2) is 12.5. The van der Waals surface area contributed by atoms with E-state index in [1.807, 2.05) is 69.3 Å². The van der Waals surface area contributed by atoms with E-state index in [1.54, 1.807) is 23.1 Å². The SMILES string of the molecule is CCOc1ccc(N2C(=O)/C(=C\c3ccc(OC(C)C)cc3)N=C2SCCOc2ccc(F)cc2)cc1. The summed E-state index contributed by atoms with van der Waals surface area (Å²) in [7, 11) is 0. The maximum absolute atomic E-state index is 13.4. The number of aliphatic imine (C=N–C) groups is 1. The van der Waals surface area contributed by atoms with Crippen LogP contribution in [0.2, 0.25) is 0 Å². The van der Waals surface area contributed by atoms with Crippen LogP contribution in [0, 0.1) is 5.82 Å². The van der Waals surface area contributed by atoms with E-state index in [1.165, 1.54) is 23.9 Å². The summed E-state index contributed by atoms with van der Waals surface area (Å²) in [5, 5.41) is 0.558. The van der Waals surface area contributed by atoms with Gasteiger partial charge in [0.05, 0.1) is 25.0 Å². The predicted octanol–water partition coefficient (Wildman–Crippen LogP) is 6.57. The van der Waals surface area contributed by atoms with Gasteiger partial charge in [-0.1, -0.05) is 23.9 Å². The van der Waals surface area contributed by atoms with Crippen LogP contribution in [0.5, 0.6) is 17.2 Å². The standard InChI is InChI=1S/C29H29FN2O4S/c1-4-34-24-15-9-23(10-16-24)32-28(33)27(19-21-5-11-26(12-6-21)36-20(2)3)31-29(32)37-18-17-35-25-13-7-22(30)8-14-25/h5-16,19-20H,4,17-18H2,1-3H3/b27-19+. The fourth-order valence-electron chi connectivity index (χ4n) is 3.57. The summed E-state index contributed by atoms with van der Waals surface area (Å²) in [5.41, 5.74) is 1.89. The molecule has 0 unspecified atom stereocenters. The predicted molar refractivity (Wildman–Crippen MR) is 147 cm³/mol. The molecular weight excluding hydrogens is 491 g/mol. The lowest BCUT2D eigenvalue weighted by molar-refractivity contribution is -0.113. The van der Waals surface area contributed by atoms with Crippen molar-refractivity contribution < 1.29 is 23.4 Å². The first-order chi connectivity index (χ1) is 17.9. The molecule has 0 saturated carbocycles. The van der Waals surface area contributed by atoms with E-state index in [2.05, 4.69) is 4.99 Å². The molecule has 3 aromatic rings. The summed E-state index contributed by atoms with van der Waals surface area (Å²) < 4.78 is 30.1. The van der Waals surface area contributed by atoms with Crippen molar-refractivity contribution in [2.75, 3.05) is 23.9 Å². The summed E-state index contributed by atoms with van der Waals surface area (Å²) in [6, 6.07) is 20.8. The van der Waals surface area contributed by atoms with Gasteiger partial charge in [-0.2, -0.15) is 0 Å². The fraction of sp³-hybridized carbons (Fsp3) is 0.241. The Hall–Kier alpha value is -3.78. The van der Waals surface area contributed by atoms with Crippen LogP contribution in [0.25, 0.3) is 6.08 Å². The highest BCUT2D eigenvalue weighted by molar-refractivity contribution is 8.14. The minimum Gasteiger partial charge on any atom is -0.494 e. The average molecular weight is 521 g/mol. The Morgan fingerprint density at radius 3 is 2.19 bits per heavy atom. The van der Waals surface area contributed by atoms with Crippen molar-refractivity contribution >= 4 is 34.6 Å². The Balaban J connectivity index is 1.51. The van der Waals surface area contributed by atoms with Gasteiger partial charge in [-0.3, -0.25) is 9.69 Å². The highest BCUT2D eigenvalue weighted by atomic mass is 32.2. The highest BCUT2D eigenvalue weighted by Crippen LogP contribution is 2.31. The number of hydrogen-bond acceptors (Lipinski definition) is 6. The van der Waals surface area contributed by atoms with Crippen molar-refractivity contribution in [2.45, 2.75) is 26.9 Å². The molecule has 0 atom stereocenters. The molecule has 0 aliphatic carbocycles. The molecule has 1 aliphatic heterocycles. The van der Waals surface area contributed by atoms with Crippen LogP contribution in [0.3, 0.4) is 0 Å². The number of benzene rings is 3. The van der Waals surface area contributed by atoms with Gasteiger partial charge in [-0.05, 0) is 93.1 Å². The van der Waals surface area contributed by atoms with Crippen LogP contribution >= 0.6 is 11.8 Å². The molecule has 0 aromatic heterocycles.